The second-order valence-electron chi connectivity index (χ2n) is 8.09. The van der Waals surface area contributed by atoms with Crippen LogP contribution in [0.3, 0.4) is 0 Å². The number of rotatable bonds is 6. The summed E-state index contributed by atoms with van der Waals surface area (Å²) >= 11 is 0. The van der Waals surface area contributed by atoms with E-state index in [1.807, 2.05) is 18.2 Å². The zero-order valence-corrected chi connectivity index (χ0v) is 16.8. The summed E-state index contributed by atoms with van der Waals surface area (Å²) in [6.45, 7) is 2.05. The van der Waals surface area contributed by atoms with Crippen molar-refractivity contribution in [1.82, 2.24) is 15.5 Å². The summed E-state index contributed by atoms with van der Waals surface area (Å²) in [5.74, 6) is -0.0536. The molecule has 2 fully saturated rings. The molecule has 1 saturated heterocycles. The van der Waals surface area contributed by atoms with Gasteiger partial charge in [-0.05, 0) is 29.5 Å². The van der Waals surface area contributed by atoms with Crippen LogP contribution in [0.25, 0.3) is 11.1 Å². The first-order valence-electron chi connectivity index (χ1n) is 10.6. The minimum atomic E-state index is -0.404. The van der Waals surface area contributed by atoms with E-state index in [2.05, 4.69) is 51.9 Å². The summed E-state index contributed by atoms with van der Waals surface area (Å²) in [5.41, 5.74) is 3.52. The molecule has 1 atom stereocenters. The van der Waals surface area contributed by atoms with Gasteiger partial charge in [0.25, 0.3) is 0 Å². The topological polar surface area (TPSA) is 61.4 Å². The SMILES string of the molecule is O=C(CC1C(=O)NCCN1Cc1ccc(-c2ccccc2)cc1)NC1CCCC1. The Balaban J connectivity index is 1.40. The standard InChI is InChI=1S/C24H29N3O2/c28-23(26-21-8-4-5-9-21)16-22-24(29)25-14-15-27(22)17-18-10-12-20(13-11-18)19-6-2-1-3-7-19/h1-3,6-7,10-13,21-22H,4-5,8-9,14-17H2,(H,25,29)(H,26,28). The van der Waals surface area contributed by atoms with Gasteiger partial charge >= 0.3 is 0 Å². The van der Waals surface area contributed by atoms with Gasteiger partial charge < -0.3 is 10.6 Å². The van der Waals surface area contributed by atoms with Crippen molar-refractivity contribution in [3.05, 3.63) is 60.2 Å². The predicted molar refractivity (Wildman–Crippen MR) is 114 cm³/mol. The molecule has 1 saturated carbocycles. The molecule has 0 spiro atoms. The Bertz CT molecular complexity index is 829. The molecule has 0 radical (unpaired) electrons. The molecule has 4 rings (SSSR count). The first-order valence-corrected chi connectivity index (χ1v) is 10.6. The van der Waals surface area contributed by atoms with Gasteiger partial charge in [0.15, 0.2) is 0 Å². The Labute approximate surface area is 172 Å². The van der Waals surface area contributed by atoms with Gasteiger partial charge in [-0.1, -0.05) is 67.4 Å². The fourth-order valence-electron chi connectivity index (χ4n) is 4.37. The molecule has 1 aliphatic carbocycles. The monoisotopic (exact) mass is 391 g/mol. The van der Waals surface area contributed by atoms with Crippen LogP contribution in [-0.2, 0) is 16.1 Å². The largest absolute Gasteiger partial charge is 0.353 e. The second kappa shape index (κ2) is 9.23. The van der Waals surface area contributed by atoms with Crippen LogP contribution in [0.5, 0.6) is 0 Å². The molecular weight excluding hydrogens is 362 g/mol. The molecule has 5 nitrogen and oxygen atoms in total. The first-order chi connectivity index (χ1) is 14.2. The van der Waals surface area contributed by atoms with E-state index in [-0.39, 0.29) is 24.3 Å². The maximum atomic E-state index is 12.5. The van der Waals surface area contributed by atoms with Crippen LogP contribution >= 0.6 is 0 Å². The van der Waals surface area contributed by atoms with Crippen LogP contribution in [0.15, 0.2) is 54.6 Å². The summed E-state index contributed by atoms with van der Waals surface area (Å²) in [5, 5.41) is 6.03. The van der Waals surface area contributed by atoms with Gasteiger partial charge in [-0.15, -0.1) is 0 Å². The first kappa shape index (κ1) is 19.6. The second-order valence-corrected chi connectivity index (χ2v) is 8.09. The Morgan fingerprint density at radius 3 is 2.41 bits per heavy atom. The van der Waals surface area contributed by atoms with Crippen molar-refractivity contribution in [3.8, 4) is 11.1 Å². The van der Waals surface area contributed by atoms with Crippen molar-refractivity contribution in [2.45, 2.75) is 50.7 Å². The lowest BCUT2D eigenvalue weighted by atomic mass is 10.0. The number of amides is 2. The number of hydrogen-bond acceptors (Lipinski definition) is 3. The van der Waals surface area contributed by atoms with Crippen LogP contribution in [0, 0.1) is 0 Å². The zero-order chi connectivity index (χ0) is 20.1. The molecule has 1 heterocycles. The van der Waals surface area contributed by atoms with Gasteiger partial charge in [0.1, 0.15) is 0 Å². The summed E-state index contributed by atoms with van der Waals surface area (Å²) in [6.07, 6.45) is 4.70. The van der Waals surface area contributed by atoms with Crippen molar-refractivity contribution < 1.29 is 9.59 Å². The van der Waals surface area contributed by atoms with E-state index in [1.165, 1.54) is 24.0 Å². The third-order valence-corrected chi connectivity index (χ3v) is 5.99. The third kappa shape index (κ3) is 5.04. The number of carbonyl (C=O) groups is 2. The van der Waals surface area contributed by atoms with Crippen LogP contribution in [0.1, 0.15) is 37.7 Å². The van der Waals surface area contributed by atoms with E-state index < -0.39 is 6.04 Å². The molecule has 2 aliphatic rings. The van der Waals surface area contributed by atoms with Crippen LogP contribution < -0.4 is 10.6 Å². The van der Waals surface area contributed by atoms with Gasteiger partial charge in [0, 0.05) is 25.7 Å². The van der Waals surface area contributed by atoms with Crippen LogP contribution in [0.2, 0.25) is 0 Å². The Morgan fingerprint density at radius 2 is 1.69 bits per heavy atom. The number of nitrogens with one attached hydrogen (secondary N) is 2. The third-order valence-electron chi connectivity index (χ3n) is 5.99. The minimum absolute atomic E-state index is 0.0108. The average molecular weight is 392 g/mol. The summed E-state index contributed by atoms with van der Waals surface area (Å²) < 4.78 is 0. The van der Waals surface area contributed by atoms with E-state index >= 15 is 0 Å². The van der Waals surface area contributed by atoms with Crippen LogP contribution in [-0.4, -0.2) is 41.9 Å². The number of nitrogens with zero attached hydrogens (tertiary/aromatic N) is 1. The number of hydrogen-bond donors (Lipinski definition) is 2. The fraction of sp³-hybridized carbons (Fsp3) is 0.417. The highest BCUT2D eigenvalue weighted by atomic mass is 16.2. The summed E-state index contributed by atoms with van der Waals surface area (Å²) in [7, 11) is 0. The zero-order valence-electron chi connectivity index (χ0n) is 16.8. The maximum absolute atomic E-state index is 12.5. The van der Waals surface area contributed by atoms with Crippen LogP contribution in [0.4, 0.5) is 0 Å². The van der Waals surface area contributed by atoms with Gasteiger partial charge in [0.05, 0.1) is 12.5 Å². The summed E-state index contributed by atoms with van der Waals surface area (Å²) in [6, 6.07) is 18.6. The van der Waals surface area contributed by atoms with Crippen molar-refractivity contribution in [1.29, 1.82) is 0 Å². The lowest BCUT2D eigenvalue weighted by Gasteiger charge is -2.35. The molecule has 2 aromatic rings. The lowest BCUT2D eigenvalue weighted by Crippen LogP contribution is -2.56. The number of piperazine rings is 1. The predicted octanol–water partition coefficient (Wildman–Crippen LogP) is 3.10. The number of carbonyl (C=O) groups excluding carboxylic acids is 2. The molecule has 1 aliphatic heterocycles. The maximum Gasteiger partial charge on any atom is 0.237 e. The molecule has 2 aromatic carbocycles. The molecule has 29 heavy (non-hydrogen) atoms. The Morgan fingerprint density at radius 1 is 1.00 bits per heavy atom. The van der Waals surface area contributed by atoms with Crippen molar-refractivity contribution >= 4 is 11.8 Å². The van der Waals surface area contributed by atoms with Gasteiger partial charge in [-0.25, -0.2) is 0 Å². The van der Waals surface area contributed by atoms with Crippen molar-refractivity contribution in [3.63, 3.8) is 0 Å². The molecule has 2 N–H and O–H groups in total. The lowest BCUT2D eigenvalue weighted by molar-refractivity contribution is -0.134. The van der Waals surface area contributed by atoms with Gasteiger partial charge in [0.2, 0.25) is 11.8 Å². The van der Waals surface area contributed by atoms with Gasteiger partial charge in [-0.2, -0.15) is 0 Å². The van der Waals surface area contributed by atoms with E-state index in [0.717, 1.165) is 24.9 Å². The fourth-order valence-corrected chi connectivity index (χ4v) is 4.37. The van der Waals surface area contributed by atoms with E-state index in [0.29, 0.717) is 13.1 Å². The van der Waals surface area contributed by atoms with E-state index in [4.69, 9.17) is 0 Å². The van der Waals surface area contributed by atoms with Gasteiger partial charge in [-0.3, -0.25) is 14.5 Å². The van der Waals surface area contributed by atoms with Crippen molar-refractivity contribution in [2.75, 3.05) is 13.1 Å². The number of benzene rings is 2. The minimum Gasteiger partial charge on any atom is -0.353 e. The van der Waals surface area contributed by atoms with E-state index in [1.54, 1.807) is 0 Å². The molecule has 5 heteroatoms. The van der Waals surface area contributed by atoms with E-state index in [9.17, 15) is 9.59 Å². The molecule has 0 aromatic heterocycles. The quantitative estimate of drug-likeness (QED) is 0.795. The highest BCUT2D eigenvalue weighted by Crippen LogP contribution is 2.22. The molecule has 2 amide bonds. The van der Waals surface area contributed by atoms with Crippen molar-refractivity contribution in [2.24, 2.45) is 0 Å². The molecule has 1 unspecified atom stereocenters. The Kier molecular flexibility index (Phi) is 6.25. The molecule has 0 bridgehead atoms. The highest BCUT2D eigenvalue weighted by molar-refractivity contribution is 5.89. The average Bonchev–Trinajstić information content (AvgIpc) is 3.25. The Hall–Kier alpha value is -2.66. The smallest absolute Gasteiger partial charge is 0.237 e. The normalized spacial score (nSPS) is 20.4. The highest BCUT2D eigenvalue weighted by Gasteiger charge is 2.32. The summed E-state index contributed by atoms with van der Waals surface area (Å²) in [4.78, 5) is 27.1. The molecular formula is C24H29N3O2. The molecule has 152 valence electrons.